The van der Waals surface area contributed by atoms with Gasteiger partial charge in [-0.2, -0.15) is 0 Å². The number of hydrogen-bond acceptors (Lipinski definition) is 1. The quantitative estimate of drug-likeness (QED) is 0.761. The largest absolute Gasteiger partial charge is 0.325 e. The van der Waals surface area contributed by atoms with Crippen LogP contribution in [-0.4, -0.2) is 5.91 Å². The van der Waals surface area contributed by atoms with E-state index >= 15 is 0 Å². The summed E-state index contributed by atoms with van der Waals surface area (Å²) in [7, 11) is 0. The summed E-state index contributed by atoms with van der Waals surface area (Å²) < 4.78 is 0. The third-order valence-electron chi connectivity index (χ3n) is 2.62. The van der Waals surface area contributed by atoms with Crippen molar-refractivity contribution in [1.82, 2.24) is 0 Å². The molecule has 0 unspecified atom stereocenters. The Balaban J connectivity index is 2.30. The molecular weight excluding hydrogens is 174 g/mol. The number of rotatable bonds is 2. The maximum Gasteiger partial charge on any atom is 0.232 e. The zero-order valence-corrected chi connectivity index (χ0v) is 8.58. The molecule has 0 aliphatic carbocycles. The van der Waals surface area contributed by atoms with Gasteiger partial charge in [-0.1, -0.05) is 32.0 Å². The van der Waals surface area contributed by atoms with Gasteiger partial charge in [0.15, 0.2) is 0 Å². The first-order valence-electron chi connectivity index (χ1n) is 5.08. The topological polar surface area (TPSA) is 29.1 Å². The summed E-state index contributed by atoms with van der Waals surface area (Å²) in [6.45, 7) is 4.29. The molecule has 0 saturated heterocycles. The lowest BCUT2D eigenvalue weighted by molar-refractivity contribution is -0.117. The molecule has 2 heteroatoms. The van der Waals surface area contributed by atoms with Gasteiger partial charge in [-0.3, -0.25) is 4.79 Å². The zero-order chi connectivity index (χ0) is 10.1. The molecule has 0 saturated carbocycles. The number of fused-ring (bicyclic) bond motifs is 1. The fraction of sp³-hybridized carbons (Fsp3) is 0.417. The van der Waals surface area contributed by atoms with E-state index in [1.807, 2.05) is 24.3 Å². The van der Waals surface area contributed by atoms with Gasteiger partial charge in [0, 0.05) is 5.69 Å². The van der Waals surface area contributed by atoms with Gasteiger partial charge in [0.1, 0.15) is 0 Å². The Bertz CT molecular complexity index is 357. The minimum atomic E-state index is 0.0613. The number of carbonyl (C=O) groups excluding carboxylic acids is 1. The SMILES string of the molecule is CC(C)C[C@H]1C(=O)Nc2ccccc21. The fourth-order valence-electron chi connectivity index (χ4n) is 1.98. The Morgan fingerprint density at radius 2 is 2.07 bits per heavy atom. The summed E-state index contributed by atoms with van der Waals surface area (Å²) >= 11 is 0. The third-order valence-corrected chi connectivity index (χ3v) is 2.62. The molecule has 1 amide bonds. The standard InChI is InChI=1S/C12H15NO/c1-8(2)7-10-9-5-3-4-6-11(9)13-12(10)14/h3-6,8,10H,7H2,1-2H3,(H,13,14)/t10-/m1/s1. The van der Waals surface area contributed by atoms with Gasteiger partial charge >= 0.3 is 0 Å². The maximum absolute atomic E-state index is 11.7. The first-order valence-corrected chi connectivity index (χ1v) is 5.08. The molecule has 74 valence electrons. The van der Waals surface area contributed by atoms with Gasteiger partial charge in [0.2, 0.25) is 5.91 Å². The summed E-state index contributed by atoms with van der Waals surface area (Å²) in [5, 5.41) is 2.91. The summed E-state index contributed by atoms with van der Waals surface area (Å²) in [4.78, 5) is 11.7. The van der Waals surface area contributed by atoms with Crippen LogP contribution in [0, 0.1) is 5.92 Å². The zero-order valence-electron chi connectivity index (χ0n) is 8.58. The van der Waals surface area contributed by atoms with E-state index in [1.54, 1.807) is 0 Å². The summed E-state index contributed by atoms with van der Waals surface area (Å²) in [6.07, 6.45) is 0.933. The summed E-state index contributed by atoms with van der Waals surface area (Å²) in [5.74, 6) is 0.767. The lowest BCUT2D eigenvalue weighted by atomic mass is 9.92. The average molecular weight is 189 g/mol. The molecule has 1 aromatic rings. The van der Waals surface area contributed by atoms with Gasteiger partial charge in [-0.25, -0.2) is 0 Å². The molecule has 0 fully saturated rings. The Kier molecular flexibility index (Phi) is 2.28. The van der Waals surface area contributed by atoms with Crippen molar-refractivity contribution in [1.29, 1.82) is 0 Å². The van der Waals surface area contributed by atoms with Crippen molar-refractivity contribution in [3.05, 3.63) is 29.8 Å². The Hall–Kier alpha value is -1.31. The molecule has 0 radical (unpaired) electrons. The van der Waals surface area contributed by atoms with Gasteiger partial charge in [-0.15, -0.1) is 0 Å². The fourth-order valence-corrected chi connectivity index (χ4v) is 1.98. The normalized spacial score (nSPS) is 19.6. The van der Waals surface area contributed by atoms with E-state index in [-0.39, 0.29) is 11.8 Å². The van der Waals surface area contributed by atoms with E-state index in [1.165, 1.54) is 0 Å². The molecule has 1 atom stereocenters. The lowest BCUT2D eigenvalue weighted by Gasteiger charge is -2.10. The molecule has 0 aromatic heterocycles. The summed E-state index contributed by atoms with van der Waals surface area (Å²) in [6, 6.07) is 7.96. The second kappa shape index (κ2) is 3.45. The Morgan fingerprint density at radius 3 is 2.79 bits per heavy atom. The molecule has 1 N–H and O–H groups in total. The number of nitrogens with one attached hydrogen (secondary N) is 1. The first kappa shape index (κ1) is 9.25. The smallest absolute Gasteiger partial charge is 0.232 e. The highest BCUT2D eigenvalue weighted by Gasteiger charge is 2.30. The van der Waals surface area contributed by atoms with Crippen LogP contribution in [0.25, 0.3) is 0 Å². The molecular formula is C12H15NO. The van der Waals surface area contributed by atoms with Crippen molar-refractivity contribution in [2.75, 3.05) is 5.32 Å². The van der Waals surface area contributed by atoms with Crippen molar-refractivity contribution < 1.29 is 4.79 Å². The summed E-state index contributed by atoms with van der Waals surface area (Å²) in [5.41, 5.74) is 2.15. The minimum absolute atomic E-state index is 0.0613. The van der Waals surface area contributed by atoms with E-state index in [0.29, 0.717) is 5.92 Å². The predicted molar refractivity (Wildman–Crippen MR) is 57.3 cm³/mol. The van der Waals surface area contributed by atoms with Crippen molar-refractivity contribution in [2.24, 2.45) is 5.92 Å². The van der Waals surface area contributed by atoms with Crippen LogP contribution in [0.3, 0.4) is 0 Å². The van der Waals surface area contributed by atoms with Gasteiger partial charge in [0.25, 0.3) is 0 Å². The molecule has 1 heterocycles. The Labute approximate surface area is 84.3 Å². The average Bonchev–Trinajstić information content (AvgIpc) is 2.43. The predicted octanol–water partition coefficient (Wildman–Crippen LogP) is 2.77. The monoisotopic (exact) mass is 189 g/mol. The number of amides is 1. The van der Waals surface area contributed by atoms with Crippen LogP contribution in [0.2, 0.25) is 0 Å². The number of para-hydroxylation sites is 1. The van der Waals surface area contributed by atoms with Crippen LogP contribution in [0.15, 0.2) is 24.3 Å². The highest BCUT2D eigenvalue weighted by molar-refractivity contribution is 6.02. The van der Waals surface area contributed by atoms with Crippen LogP contribution < -0.4 is 5.32 Å². The molecule has 0 bridgehead atoms. The third kappa shape index (κ3) is 1.52. The van der Waals surface area contributed by atoms with Crippen LogP contribution in [-0.2, 0) is 4.79 Å². The lowest BCUT2D eigenvalue weighted by Crippen LogP contribution is -2.13. The van der Waals surface area contributed by atoms with E-state index in [9.17, 15) is 4.79 Å². The highest BCUT2D eigenvalue weighted by Crippen LogP contribution is 2.35. The number of anilines is 1. The van der Waals surface area contributed by atoms with Gasteiger partial charge < -0.3 is 5.32 Å². The highest BCUT2D eigenvalue weighted by atomic mass is 16.2. The number of benzene rings is 1. The first-order chi connectivity index (χ1) is 6.68. The molecule has 1 aromatic carbocycles. The maximum atomic E-state index is 11.7. The van der Waals surface area contributed by atoms with Crippen molar-refractivity contribution >= 4 is 11.6 Å². The minimum Gasteiger partial charge on any atom is -0.325 e. The number of hydrogen-bond donors (Lipinski definition) is 1. The Morgan fingerprint density at radius 1 is 1.36 bits per heavy atom. The van der Waals surface area contributed by atoms with Gasteiger partial charge in [0.05, 0.1) is 5.92 Å². The molecule has 1 aliphatic heterocycles. The molecule has 14 heavy (non-hydrogen) atoms. The van der Waals surface area contributed by atoms with E-state index in [4.69, 9.17) is 0 Å². The van der Waals surface area contributed by atoms with Crippen molar-refractivity contribution in [2.45, 2.75) is 26.2 Å². The number of carbonyl (C=O) groups is 1. The molecule has 2 rings (SSSR count). The molecule has 2 nitrogen and oxygen atoms in total. The van der Waals surface area contributed by atoms with E-state index in [0.717, 1.165) is 17.7 Å². The second-order valence-corrected chi connectivity index (χ2v) is 4.26. The molecule has 0 spiro atoms. The van der Waals surface area contributed by atoms with E-state index in [2.05, 4.69) is 19.2 Å². The van der Waals surface area contributed by atoms with Crippen molar-refractivity contribution in [3.63, 3.8) is 0 Å². The second-order valence-electron chi connectivity index (χ2n) is 4.26. The van der Waals surface area contributed by atoms with Crippen LogP contribution in [0.1, 0.15) is 31.7 Å². The van der Waals surface area contributed by atoms with Gasteiger partial charge in [-0.05, 0) is 24.0 Å². The van der Waals surface area contributed by atoms with Crippen LogP contribution >= 0.6 is 0 Å². The van der Waals surface area contributed by atoms with Crippen LogP contribution in [0.4, 0.5) is 5.69 Å². The van der Waals surface area contributed by atoms with Crippen molar-refractivity contribution in [3.8, 4) is 0 Å². The van der Waals surface area contributed by atoms with Crippen LogP contribution in [0.5, 0.6) is 0 Å². The molecule has 1 aliphatic rings. The van der Waals surface area contributed by atoms with E-state index < -0.39 is 0 Å².